The van der Waals surface area contributed by atoms with Gasteiger partial charge < -0.3 is 11.1 Å². The molecule has 0 aromatic heterocycles. The number of carbonyl (C=O) groups is 2. The zero-order valence-electron chi connectivity index (χ0n) is 15.5. The van der Waals surface area contributed by atoms with Crippen LogP contribution in [0.1, 0.15) is 51.9 Å². The van der Waals surface area contributed by atoms with Crippen molar-refractivity contribution in [1.82, 2.24) is 5.32 Å². The molecule has 1 aliphatic carbocycles. The highest BCUT2D eigenvalue weighted by Gasteiger charge is 2.38. The second kappa shape index (κ2) is 7.32. The van der Waals surface area contributed by atoms with Crippen LogP contribution < -0.4 is 11.1 Å². The summed E-state index contributed by atoms with van der Waals surface area (Å²) in [6.45, 7) is 4.94. The minimum absolute atomic E-state index is 0.00642. The van der Waals surface area contributed by atoms with E-state index in [0.29, 0.717) is 18.5 Å². The number of aryl methyl sites for hydroxylation is 2. The van der Waals surface area contributed by atoms with Gasteiger partial charge in [0.05, 0.1) is 6.42 Å². The third kappa shape index (κ3) is 3.79. The first-order chi connectivity index (χ1) is 12.4. The van der Waals surface area contributed by atoms with Crippen LogP contribution in [0.5, 0.6) is 0 Å². The maximum atomic E-state index is 12.4. The van der Waals surface area contributed by atoms with E-state index >= 15 is 0 Å². The number of benzene rings is 2. The summed E-state index contributed by atoms with van der Waals surface area (Å²) in [5.74, 6) is -0.451. The molecule has 26 heavy (non-hydrogen) atoms. The largest absolute Gasteiger partial charge is 0.366 e. The Balaban J connectivity index is 1.62. The Hall–Kier alpha value is -2.62. The highest BCUT2D eigenvalue weighted by molar-refractivity contribution is 5.92. The molecule has 0 radical (unpaired) electrons. The average Bonchev–Trinajstić information content (AvgIpc) is 2.57. The summed E-state index contributed by atoms with van der Waals surface area (Å²) in [6.07, 6.45) is 3.74. The molecular weight excluding hydrogens is 324 g/mol. The van der Waals surface area contributed by atoms with Gasteiger partial charge >= 0.3 is 0 Å². The van der Waals surface area contributed by atoms with Gasteiger partial charge in [-0.3, -0.25) is 9.59 Å². The van der Waals surface area contributed by atoms with Crippen LogP contribution in [0, 0.1) is 13.8 Å². The molecule has 0 heterocycles. The molecule has 4 nitrogen and oxygen atoms in total. The Labute approximate surface area is 154 Å². The first kappa shape index (κ1) is 18.2. The maximum Gasteiger partial charge on any atom is 0.248 e. The Morgan fingerprint density at radius 1 is 1.04 bits per heavy atom. The van der Waals surface area contributed by atoms with E-state index in [1.807, 2.05) is 0 Å². The number of amides is 2. The van der Waals surface area contributed by atoms with Crippen LogP contribution in [0.25, 0.3) is 0 Å². The molecule has 3 rings (SSSR count). The van der Waals surface area contributed by atoms with E-state index in [1.54, 1.807) is 24.3 Å². The van der Waals surface area contributed by atoms with Gasteiger partial charge in [0.1, 0.15) is 0 Å². The Morgan fingerprint density at radius 2 is 1.73 bits per heavy atom. The van der Waals surface area contributed by atoms with Gasteiger partial charge in [-0.1, -0.05) is 36.8 Å². The molecule has 2 aromatic carbocycles. The van der Waals surface area contributed by atoms with Crippen molar-refractivity contribution < 1.29 is 9.59 Å². The lowest BCUT2D eigenvalue weighted by atomic mass is 9.64. The van der Waals surface area contributed by atoms with Crippen molar-refractivity contribution in [1.29, 1.82) is 0 Å². The van der Waals surface area contributed by atoms with Gasteiger partial charge in [-0.2, -0.15) is 0 Å². The van der Waals surface area contributed by atoms with Crippen molar-refractivity contribution in [3.63, 3.8) is 0 Å². The zero-order chi connectivity index (χ0) is 18.7. The number of nitrogens with one attached hydrogen (secondary N) is 1. The summed E-state index contributed by atoms with van der Waals surface area (Å²) in [7, 11) is 0. The van der Waals surface area contributed by atoms with Crippen LogP contribution in [0.3, 0.4) is 0 Å². The summed E-state index contributed by atoms with van der Waals surface area (Å²) in [5, 5.41) is 3.11. The SMILES string of the molecule is Cc1ccc(C2(CNC(=O)Cc3ccc(C(N)=O)cc3)CCC2)cc1C. The average molecular weight is 350 g/mol. The molecule has 4 heteroatoms. The van der Waals surface area contributed by atoms with E-state index in [2.05, 4.69) is 37.4 Å². The number of rotatable bonds is 6. The van der Waals surface area contributed by atoms with Gasteiger partial charge in [-0.15, -0.1) is 0 Å². The monoisotopic (exact) mass is 350 g/mol. The van der Waals surface area contributed by atoms with Crippen molar-refractivity contribution in [3.05, 3.63) is 70.3 Å². The smallest absolute Gasteiger partial charge is 0.248 e. The summed E-state index contributed by atoms with van der Waals surface area (Å²) in [4.78, 5) is 23.5. The molecule has 1 saturated carbocycles. The van der Waals surface area contributed by atoms with Crippen LogP contribution in [0.4, 0.5) is 0 Å². The van der Waals surface area contributed by atoms with Gasteiger partial charge in [0, 0.05) is 17.5 Å². The highest BCUT2D eigenvalue weighted by Crippen LogP contribution is 2.43. The first-order valence-corrected chi connectivity index (χ1v) is 9.13. The molecule has 0 atom stereocenters. The molecule has 1 fully saturated rings. The first-order valence-electron chi connectivity index (χ1n) is 9.13. The topological polar surface area (TPSA) is 72.2 Å². The van der Waals surface area contributed by atoms with Crippen LogP contribution in [-0.4, -0.2) is 18.4 Å². The van der Waals surface area contributed by atoms with Crippen LogP contribution in [0.15, 0.2) is 42.5 Å². The Morgan fingerprint density at radius 3 is 2.27 bits per heavy atom. The molecule has 0 unspecified atom stereocenters. The molecule has 0 saturated heterocycles. The number of primary amides is 1. The standard InChI is InChI=1S/C22H26N2O2/c1-15-4-9-19(12-16(15)2)22(10-3-11-22)14-24-20(25)13-17-5-7-18(8-6-17)21(23)26/h4-9,12H,3,10-11,13-14H2,1-2H3,(H2,23,26)(H,24,25). The molecule has 2 amide bonds. The molecule has 0 bridgehead atoms. The fraction of sp³-hybridized carbons (Fsp3) is 0.364. The van der Waals surface area contributed by atoms with Crippen molar-refractivity contribution >= 4 is 11.8 Å². The second-order valence-corrected chi connectivity index (χ2v) is 7.45. The van der Waals surface area contributed by atoms with Crippen LogP contribution >= 0.6 is 0 Å². The third-order valence-corrected chi connectivity index (χ3v) is 5.66. The number of carbonyl (C=O) groups excluding carboxylic acids is 2. The normalized spacial score (nSPS) is 15.2. The Kier molecular flexibility index (Phi) is 5.12. The molecule has 3 N–H and O–H groups in total. The van der Waals surface area contributed by atoms with E-state index in [0.717, 1.165) is 18.4 Å². The lowest BCUT2D eigenvalue weighted by molar-refractivity contribution is -0.120. The van der Waals surface area contributed by atoms with Gasteiger partial charge in [0.25, 0.3) is 0 Å². The van der Waals surface area contributed by atoms with E-state index in [1.165, 1.54) is 23.1 Å². The van der Waals surface area contributed by atoms with E-state index < -0.39 is 5.91 Å². The van der Waals surface area contributed by atoms with Gasteiger partial charge in [0.2, 0.25) is 11.8 Å². The molecule has 0 aliphatic heterocycles. The van der Waals surface area contributed by atoms with Crippen LogP contribution in [0.2, 0.25) is 0 Å². The fourth-order valence-corrected chi connectivity index (χ4v) is 3.54. The number of nitrogens with two attached hydrogens (primary N) is 1. The summed E-state index contributed by atoms with van der Waals surface area (Å²) in [6, 6.07) is 13.5. The lowest BCUT2D eigenvalue weighted by Gasteiger charge is -2.43. The maximum absolute atomic E-state index is 12.4. The van der Waals surface area contributed by atoms with Crippen molar-refractivity contribution in [2.24, 2.45) is 5.73 Å². The van der Waals surface area contributed by atoms with Gasteiger partial charge in [0.15, 0.2) is 0 Å². The van der Waals surface area contributed by atoms with Crippen molar-refractivity contribution in [2.75, 3.05) is 6.54 Å². The van der Waals surface area contributed by atoms with E-state index in [-0.39, 0.29) is 11.3 Å². The number of hydrogen-bond donors (Lipinski definition) is 2. The minimum Gasteiger partial charge on any atom is -0.366 e. The van der Waals surface area contributed by atoms with Gasteiger partial charge in [-0.05, 0) is 61.1 Å². The lowest BCUT2D eigenvalue weighted by Crippen LogP contribution is -2.46. The molecular formula is C22H26N2O2. The second-order valence-electron chi connectivity index (χ2n) is 7.45. The molecule has 1 aliphatic rings. The van der Waals surface area contributed by atoms with Crippen molar-refractivity contribution in [2.45, 2.75) is 44.9 Å². The quantitative estimate of drug-likeness (QED) is 0.840. The molecule has 0 spiro atoms. The predicted octanol–water partition coefficient (Wildman–Crippen LogP) is 3.18. The highest BCUT2D eigenvalue weighted by atomic mass is 16.1. The molecule has 136 valence electrons. The third-order valence-electron chi connectivity index (χ3n) is 5.66. The van der Waals surface area contributed by atoms with E-state index in [9.17, 15) is 9.59 Å². The zero-order valence-corrected chi connectivity index (χ0v) is 15.5. The van der Waals surface area contributed by atoms with Gasteiger partial charge in [-0.25, -0.2) is 0 Å². The summed E-state index contributed by atoms with van der Waals surface area (Å²) < 4.78 is 0. The fourth-order valence-electron chi connectivity index (χ4n) is 3.54. The number of hydrogen-bond acceptors (Lipinski definition) is 2. The van der Waals surface area contributed by atoms with Crippen LogP contribution in [-0.2, 0) is 16.6 Å². The minimum atomic E-state index is -0.457. The van der Waals surface area contributed by atoms with Crippen molar-refractivity contribution in [3.8, 4) is 0 Å². The summed E-state index contributed by atoms with van der Waals surface area (Å²) in [5.41, 5.74) is 10.6. The Bertz CT molecular complexity index is 821. The van der Waals surface area contributed by atoms with E-state index in [4.69, 9.17) is 5.73 Å². The summed E-state index contributed by atoms with van der Waals surface area (Å²) >= 11 is 0. The molecule has 2 aromatic rings. The predicted molar refractivity (Wildman–Crippen MR) is 103 cm³/mol.